The van der Waals surface area contributed by atoms with Crippen LogP contribution in [-0.4, -0.2) is 44.3 Å². The maximum atomic E-state index is 13.8. The van der Waals surface area contributed by atoms with Crippen molar-refractivity contribution in [2.45, 2.75) is 45.2 Å². The van der Waals surface area contributed by atoms with Gasteiger partial charge in [0.25, 0.3) is 10.0 Å². The van der Waals surface area contributed by atoms with E-state index in [1.54, 1.807) is 44.2 Å². The van der Waals surface area contributed by atoms with Crippen molar-refractivity contribution in [1.29, 1.82) is 0 Å². The van der Waals surface area contributed by atoms with Crippen LogP contribution >= 0.6 is 11.6 Å². The van der Waals surface area contributed by atoms with Gasteiger partial charge in [-0.05, 0) is 69.2 Å². The van der Waals surface area contributed by atoms with Crippen molar-refractivity contribution in [2.24, 2.45) is 0 Å². The topological polar surface area (TPSA) is 86.8 Å². The van der Waals surface area contributed by atoms with E-state index in [2.05, 4.69) is 5.32 Å². The van der Waals surface area contributed by atoms with Gasteiger partial charge in [0, 0.05) is 18.1 Å². The van der Waals surface area contributed by atoms with Crippen LogP contribution in [0.15, 0.2) is 77.7 Å². The highest BCUT2D eigenvalue weighted by atomic mass is 35.5. The number of nitrogens with zero attached hydrogens (tertiary/aromatic N) is 2. The van der Waals surface area contributed by atoms with E-state index in [1.165, 1.54) is 23.1 Å². The lowest BCUT2D eigenvalue weighted by molar-refractivity contribution is -0.139. The Hall–Kier alpha value is -3.36. The van der Waals surface area contributed by atoms with Crippen LogP contribution in [0.4, 0.5) is 5.69 Å². The molecule has 1 N–H and O–H groups in total. The third-order valence-electron chi connectivity index (χ3n) is 6.10. The lowest BCUT2D eigenvalue weighted by Crippen LogP contribution is -2.51. The summed E-state index contributed by atoms with van der Waals surface area (Å²) in [4.78, 5) is 28.0. The number of carbonyl (C=O) groups is 2. The molecule has 0 aliphatic carbocycles. The predicted molar refractivity (Wildman–Crippen MR) is 147 cm³/mol. The van der Waals surface area contributed by atoms with Crippen molar-refractivity contribution >= 4 is 39.1 Å². The fourth-order valence-corrected chi connectivity index (χ4v) is 5.46. The van der Waals surface area contributed by atoms with Gasteiger partial charge in [-0.15, -0.1) is 0 Å². The number of benzene rings is 3. The Labute approximate surface area is 224 Å². The summed E-state index contributed by atoms with van der Waals surface area (Å²) in [5.74, 6) is -0.835. The molecule has 0 heterocycles. The van der Waals surface area contributed by atoms with Gasteiger partial charge in [-0.1, -0.05) is 59.6 Å². The van der Waals surface area contributed by atoms with Crippen LogP contribution in [0.25, 0.3) is 0 Å². The summed E-state index contributed by atoms with van der Waals surface area (Å²) in [5, 5.41) is 3.09. The lowest BCUT2D eigenvalue weighted by Gasteiger charge is -2.32. The number of aryl methyl sites for hydroxylation is 2. The Morgan fingerprint density at radius 2 is 1.65 bits per heavy atom. The zero-order chi connectivity index (χ0) is 27.2. The van der Waals surface area contributed by atoms with E-state index < -0.39 is 28.5 Å². The Bertz CT molecular complexity index is 1360. The van der Waals surface area contributed by atoms with E-state index in [9.17, 15) is 18.0 Å². The van der Waals surface area contributed by atoms with E-state index in [-0.39, 0.29) is 23.0 Å². The lowest BCUT2D eigenvalue weighted by atomic mass is 10.1. The number of likely N-dealkylation sites (N-methyl/N-ethyl adjacent to an activating group) is 1. The molecule has 2 amide bonds. The molecule has 9 heteroatoms. The molecule has 0 saturated heterocycles. The van der Waals surface area contributed by atoms with E-state index in [0.29, 0.717) is 11.6 Å². The van der Waals surface area contributed by atoms with Gasteiger partial charge in [0.1, 0.15) is 12.6 Å². The molecule has 1 atom stereocenters. The van der Waals surface area contributed by atoms with Crippen molar-refractivity contribution in [2.75, 3.05) is 17.4 Å². The maximum Gasteiger partial charge on any atom is 0.264 e. The highest BCUT2D eigenvalue weighted by molar-refractivity contribution is 7.92. The minimum Gasteiger partial charge on any atom is -0.355 e. The smallest absolute Gasteiger partial charge is 0.264 e. The SMILES string of the molecule is CCNC(=O)[C@@H](C)N(Cc1ccccc1C)C(=O)CN(c1cccc(Cl)c1)S(=O)(=O)c1ccc(C)cc1. The molecule has 0 aliphatic rings. The van der Waals surface area contributed by atoms with Gasteiger partial charge in [0.05, 0.1) is 10.6 Å². The van der Waals surface area contributed by atoms with Crippen LogP contribution in [0.1, 0.15) is 30.5 Å². The second kappa shape index (κ2) is 12.3. The average molecular weight is 542 g/mol. The van der Waals surface area contributed by atoms with E-state index in [4.69, 9.17) is 11.6 Å². The number of anilines is 1. The summed E-state index contributed by atoms with van der Waals surface area (Å²) in [6.45, 7) is 7.28. The van der Waals surface area contributed by atoms with E-state index >= 15 is 0 Å². The molecule has 3 rings (SSSR count). The number of nitrogens with one attached hydrogen (secondary N) is 1. The Morgan fingerprint density at radius 3 is 2.27 bits per heavy atom. The van der Waals surface area contributed by atoms with Gasteiger partial charge in [0.2, 0.25) is 11.8 Å². The summed E-state index contributed by atoms with van der Waals surface area (Å²) >= 11 is 6.19. The summed E-state index contributed by atoms with van der Waals surface area (Å²) in [6.07, 6.45) is 0. The molecule has 0 fully saturated rings. The van der Waals surface area contributed by atoms with Crippen molar-refractivity contribution in [1.82, 2.24) is 10.2 Å². The molecule has 196 valence electrons. The first-order valence-electron chi connectivity index (χ1n) is 12.0. The number of sulfonamides is 1. The monoisotopic (exact) mass is 541 g/mol. The minimum atomic E-state index is -4.13. The Balaban J connectivity index is 2.04. The van der Waals surface area contributed by atoms with Crippen LogP contribution in [0, 0.1) is 13.8 Å². The third-order valence-corrected chi connectivity index (χ3v) is 8.13. The highest BCUT2D eigenvalue weighted by Crippen LogP contribution is 2.27. The molecule has 0 bridgehead atoms. The van der Waals surface area contributed by atoms with Crippen molar-refractivity contribution in [3.63, 3.8) is 0 Å². The van der Waals surface area contributed by atoms with Crippen LogP contribution < -0.4 is 9.62 Å². The maximum absolute atomic E-state index is 13.8. The fourth-order valence-electron chi connectivity index (χ4n) is 3.87. The van der Waals surface area contributed by atoms with Crippen molar-refractivity contribution in [3.05, 3.63) is 94.5 Å². The molecule has 0 saturated carbocycles. The zero-order valence-electron chi connectivity index (χ0n) is 21.4. The first kappa shape index (κ1) is 28.2. The number of hydrogen-bond acceptors (Lipinski definition) is 4. The molecule has 0 unspecified atom stereocenters. The van der Waals surface area contributed by atoms with E-state index in [0.717, 1.165) is 21.0 Å². The number of halogens is 1. The van der Waals surface area contributed by atoms with Crippen LogP contribution in [0.2, 0.25) is 5.02 Å². The molecule has 0 aliphatic heterocycles. The average Bonchev–Trinajstić information content (AvgIpc) is 2.86. The zero-order valence-corrected chi connectivity index (χ0v) is 23.0. The molecule has 3 aromatic carbocycles. The summed E-state index contributed by atoms with van der Waals surface area (Å²) in [7, 11) is -4.13. The molecule has 0 aromatic heterocycles. The van der Waals surface area contributed by atoms with Crippen molar-refractivity contribution < 1.29 is 18.0 Å². The molecular weight excluding hydrogens is 510 g/mol. The Morgan fingerprint density at radius 1 is 0.973 bits per heavy atom. The van der Waals surface area contributed by atoms with Gasteiger partial charge >= 0.3 is 0 Å². The second-order valence-electron chi connectivity index (χ2n) is 8.82. The minimum absolute atomic E-state index is 0.0492. The second-order valence-corrected chi connectivity index (χ2v) is 11.1. The normalized spacial score (nSPS) is 12.0. The molecule has 0 radical (unpaired) electrons. The summed E-state index contributed by atoms with van der Waals surface area (Å²) in [6, 6.07) is 19.5. The summed E-state index contributed by atoms with van der Waals surface area (Å²) in [5.41, 5.74) is 2.98. The molecule has 3 aromatic rings. The number of carbonyl (C=O) groups excluding carboxylic acids is 2. The fraction of sp³-hybridized carbons (Fsp3) is 0.286. The number of amides is 2. The molecule has 7 nitrogen and oxygen atoms in total. The van der Waals surface area contributed by atoms with Gasteiger partial charge in [-0.25, -0.2) is 8.42 Å². The third kappa shape index (κ3) is 6.90. The first-order chi connectivity index (χ1) is 17.5. The predicted octanol–water partition coefficient (Wildman–Crippen LogP) is 4.71. The number of hydrogen-bond donors (Lipinski definition) is 1. The molecule has 37 heavy (non-hydrogen) atoms. The highest BCUT2D eigenvalue weighted by Gasteiger charge is 2.32. The van der Waals surface area contributed by atoms with Gasteiger partial charge in [-0.2, -0.15) is 0 Å². The van der Waals surface area contributed by atoms with Crippen LogP contribution in [0.5, 0.6) is 0 Å². The first-order valence-corrected chi connectivity index (χ1v) is 13.8. The van der Waals surface area contributed by atoms with Gasteiger partial charge in [0.15, 0.2) is 0 Å². The quantitative estimate of drug-likeness (QED) is 0.403. The van der Waals surface area contributed by atoms with Crippen molar-refractivity contribution in [3.8, 4) is 0 Å². The van der Waals surface area contributed by atoms with Crippen LogP contribution in [0.3, 0.4) is 0 Å². The Kier molecular flexibility index (Phi) is 9.34. The molecule has 0 spiro atoms. The van der Waals surface area contributed by atoms with Gasteiger partial charge in [-0.3, -0.25) is 13.9 Å². The summed E-state index contributed by atoms with van der Waals surface area (Å²) < 4.78 is 28.6. The van der Waals surface area contributed by atoms with Gasteiger partial charge < -0.3 is 10.2 Å². The largest absolute Gasteiger partial charge is 0.355 e. The van der Waals surface area contributed by atoms with Crippen LogP contribution in [-0.2, 0) is 26.2 Å². The molecular formula is C28H32ClN3O4S. The standard InChI is InChI=1S/C28H32ClN3O4S/c1-5-30-28(34)22(4)31(18-23-10-7-6-9-21(23)3)27(33)19-32(25-12-8-11-24(29)17-25)37(35,36)26-15-13-20(2)14-16-26/h6-17,22H,5,18-19H2,1-4H3,(H,30,34)/t22-/m1/s1. The number of rotatable bonds is 10. The van der Waals surface area contributed by atoms with E-state index in [1.807, 2.05) is 38.1 Å².